The SMILES string of the molecule is Nc1cccnc1C(=O)NN=CC1CCN(Cc2ccccc2)CC1. The quantitative estimate of drug-likeness (QED) is 0.648. The second kappa shape index (κ2) is 8.39. The number of nitrogens with two attached hydrogens (primary N) is 1. The van der Waals surface area contributed by atoms with Gasteiger partial charge in [-0.25, -0.2) is 10.4 Å². The first kappa shape index (κ1) is 17.1. The first-order valence-corrected chi connectivity index (χ1v) is 8.52. The molecule has 1 aromatic carbocycles. The maximum atomic E-state index is 12.0. The van der Waals surface area contributed by atoms with Crippen LogP contribution < -0.4 is 11.2 Å². The normalized spacial score (nSPS) is 16.2. The summed E-state index contributed by atoms with van der Waals surface area (Å²) in [6.07, 6.45) is 5.45. The van der Waals surface area contributed by atoms with Gasteiger partial charge in [-0.05, 0) is 49.5 Å². The molecule has 0 radical (unpaired) electrons. The highest BCUT2D eigenvalue weighted by Gasteiger charge is 2.18. The first-order chi connectivity index (χ1) is 12.2. The number of benzene rings is 1. The minimum absolute atomic E-state index is 0.206. The number of likely N-dealkylation sites (tertiary alicyclic amines) is 1. The Bertz CT molecular complexity index is 724. The van der Waals surface area contributed by atoms with Gasteiger partial charge in [0.05, 0.1) is 5.69 Å². The van der Waals surface area contributed by atoms with Crippen molar-refractivity contribution in [1.29, 1.82) is 0 Å². The molecule has 6 nitrogen and oxygen atoms in total. The molecule has 0 bridgehead atoms. The van der Waals surface area contributed by atoms with E-state index in [-0.39, 0.29) is 11.6 Å². The molecule has 130 valence electrons. The molecule has 1 aliphatic rings. The third-order valence-corrected chi connectivity index (χ3v) is 4.39. The lowest BCUT2D eigenvalue weighted by atomic mass is 9.98. The van der Waals surface area contributed by atoms with Crippen molar-refractivity contribution < 1.29 is 4.79 Å². The summed E-state index contributed by atoms with van der Waals surface area (Å²) < 4.78 is 0. The Morgan fingerprint density at radius 1 is 1.24 bits per heavy atom. The molecule has 1 saturated heterocycles. The van der Waals surface area contributed by atoms with Crippen molar-refractivity contribution >= 4 is 17.8 Å². The van der Waals surface area contributed by atoms with Crippen LogP contribution in [0.3, 0.4) is 0 Å². The zero-order chi connectivity index (χ0) is 17.5. The Morgan fingerprint density at radius 2 is 2.00 bits per heavy atom. The first-order valence-electron chi connectivity index (χ1n) is 8.52. The number of aromatic nitrogens is 1. The van der Waals surface area contributed by atoms with Crippen molar-refractivity contribution in [3.05, 3.63) is 59.9 Å². The second-order valence-corrected chi connectivity index (χ2v) is 6.26. The van der Waals surface area contributed by atoms with Gasteiger partial charge in [-0.1, -0.05) is 30.3 Å². The molecule has 25 heavy (non-hydrogen) atoms. The summed E-state index contributed by atoms with van der Waals surface area (Å²) in [5, 5.41) is 4.08. The van der Waals surface area contributed by atoms with Crippen molar-refractivity contribution in [2.24, 2.45) is 11.0 Å². The summed E-state index contributed by atoms with van der Waals surface area (Å²) in [6, 6.07) is 13.8. The number of hydrazone groups is 1. The monoisotopic (exact) mass is 337 g/mol. The van der Waals surface area contributed by atoms with E-state index in [4.69, 9.17) is 5.73 Å². The zero-order valence-corrected chi connectivity index (χ0v) is 14.1. The fraction of sp³-hybridized carbons (Fsp3) is 0.316. The summed E-state index contributed by atoms with van der Waals surface area (Å²) in [5.74, 6) is 0.00395. The summed E-state index contributed by atoms with van der Waals surface area (Å²) in [6.45, 7) is 3.06. The molecule has 0 atom stereocenters. The van der Waals surface area contributed by atoms with Crippen LogP contribution in [0.5, 0.6) is 0 Å². The lowest BCUT2D eigenvalue weighted by Gasteiger charge is -2.30. The number of hydrogen-bond acceptors (Lipinski definition) is 5. The third-order valence-electron chi connectivity index (χ3n) is 4.39. The van der Waals surface area contributed by atoms with Crippen LogP contribution in [0.2, 0.25) is 0 Å². The van der Waals surface area contributed by atoms with E-state index in [0.717, 1.165) is 32.5 Å². The maximum Gasteiger partial charge on any atom is 0.292 e. The maximum absolute atomic E-state index is 12.0. The number of pyridine rings is 1. The number of nitrogens with one attached hydrogen (secondary N) is 1. The molecule has 2 heterocycles. The van der Waals surface area contributed by atoms with E-state index in [0.29, 0.717) is 11.6 Å². The van der Waals surface area contributed by atoms with Crippen LogP contribution in [0.25, 0.3) is 0 Å². The number of carbonyl (C=O) groups is 1. The number of rotatable bonds is 5. The third kappa shape index (κ3) is 4.87. The van der Waals surface area contributed by atoms with Gasteiger partial charge in [0.25, 0.3) is 5.91 Å². The number of amides is 1. The van der Waals surface area contributed by atoms with Crippen LogP contribution in [0.1, 0.15) is 28.9 Å². The fourth-order valence-electron chi connectivity index (χ4n) is 2.96. The van der Waals surface area contributed by atoms with Gasteiger partial charge in [0.15, 0.2) is 5.69 Å². The molecule has 1 amide bonds. The standard InChI is InChI=1S/C19H23N5O/c20-17-7-4-10-21-18(17)19(25)23-22-13-15-8-11-24(12-9-15)14-16-5-2-1-3-6-16/h1-7,10,13,15H,8-9,11-12,14,20H2,(H,23,25). The van der Waals surface area contributed by atoms with Gasteiger partial charge < -0.3 is 5.73 Å². The van der Waals surface area contributed by atoms with Gasteiger partial charge in [-0.2, -0.15) is 5.10 Å². The van der Waals surface area contributed by atoms with Crippen molar-refractivity contribution in [1.82, 2.24) is 15.3 Å². The molecular formula is C19H23N5O. The smallest absolute Gasteiger partial charge is 0.292 e. The number of piperidine rings is 1. The highest BCUT2D eigenvalue weighted by molar-refractivity contribution is 5.97. The molecule has 0 saturated carbocycles. The largest absolute Gasteiger partial charge is 0.397 e. The number of hydrogen-bond donors (Lipinski definition) is 2. The van der Waals surface area contributed by atoms with Crippen molar-refractivity contribution in [2.75, 3.05) is 18.8 Å². The molecule has 0 unspecified atom stereocenters. The summed E-state index contributed by atoms with van der Waals surface area (Å²) in [4.78, 5) is 18.4. The van der Waals surface area contributed by atoms with Crippen molar-refractivity contribution in [3.8, 4) is 0 Å². The predicted octanol–water partition coefficient (Wildman–Crippen LogP) is 2.29. The van der Waals surface area contributed by atoms with Gasteiger partial charge in [-0.3, -0.25) is 9.69 Å². The van der Waals surface area contributed by atoms with Crippen LogP contribution in [0.15, 0.2) is 53.8 Å². The molecule has 0 spiro atoms. The Morgan fingerprint density at radius 3 is 2.72 bits per heavy atom. The Hall–Kier alpha value is -2.73. The molecule has 1 fully saturated rings. The topological polar surface area (TPSA) is 83.6 Å². The average Bonchev–Trinajstić information content (AvgIpc) is 2.64. The molecule has 0 aliphatic carbocycles. The lowest BCUT2D eigenvalue weighted by Crippen LogP contribution is -2.34. The van der Waals surface area contributed by atoms with Crippen LogP contribution in [0.4, 0.5) is 5.69 Å². The molecular weight excluding hydrogens is 314 g/mol. The van der Waals surface area contributed by atoms with Gasteiger partial charge in [0, 0.05) is 19.0 Å². The molecule has 3 N–H and O–H groups in total. The van der Waals surface area contributed by atoms with E-state index in [2.05, 4.69) is 44.7 Å². The Kier molecular flexibility index (Phi) is 5.74. The van der Waals surface area contributed by atoms with Crippen molar-refractivity contribution in [2.45, 2.75) is 19.4 Å². The van der Waals surface area contributed by atoms with Gasteiger partial charge in [0.2, 0.25) is 0 Å². The predicted molar refractivity (Wildman–Crippen MR) is 99.1 cm³/mol. The van der Waals surface area contributed by atoms with E-state index >= 15 is 0 Å². The summed E-state index contributed by atoms with van der Waals surface area (Å²) >= 11 is 0. The van der Waals surface area contributed by atoms with Gasteiger partial charge in [0.1, 0.15) is 0 Å². The van der Waals surface area contributed by atoms with E-state index < -0.39 is 0 Å². The zero-order valence-electron chi connectivity index (χ0n) is 14.1. The number of nitrogen functional groups attached to an aromatic ring is 1. The lowest BCUT2D eigenvalue weighted by molar-refractivity contribution is 0.0950. The Balaban J connectivity index is 1.43. The van der Waals surface area contributed by atoms with E-state index in [1.807, 2.05) is 12.3 Å². The van der Waals surface area contributed by atoms with E-state index in [1.54, 1.807) is 12.1 Å². The summed E-state index contributed by atoms with van der Waals surface area (Å²) in [7, 11) is 0. The molecule has 6 heteroatoms. The highest BCUT2D eigenvalue weighted by Crippen LogP contribution is 2.17. The van der Waals surface area contributed by atoms with E-state index in [1.165, 1.54) is 11.8 Å². The van der Waals surface area contributed by atoms with Gasteiger partial charge >= 0.3 is 0 Å². The Labute approximate surface area is 147 Å². The van der Waals surface area contributed by atoms with Crippen LogP contribution in [-0.2, 0) is 6.54 Å². The molecule has 2 aromatic rings. The number of carbonyl (C=O) groups excluding carboxylic acids is 1. The second-order valence-electron chi connectivity index (χ2n) is 6.26. The fourth-order valence-corrected chi connectivity index (χ4v) is 2.96. The average molecular weight is 337 g/mol. The van der Waals surface area contributed by atoms with Gasteiger partial charge in [-0.15, -0.1) is 0 Å². The minimum Gasteiger partial charge on any atom is -0.397 e. The molecule has 1 aromatic heterocycles. The highest BCUT2D eigenvalue weighted by atomic mass is 16.2. The summed E-state index contributed by atoms with van der Waals surface area (Å²) in [5.41, 5.74) is 10.1. The number of anilines is 1. The molecule has 3 rings (SSSR count). The van der Waals surface area contributed by atoms with Crippen LogP contribution >= 0.6 is 0 Å². The minimum atomic E-state index is -0.379. The van der Waals surface area contributed by atoms with E-state index in [9.17, 15) is 4.79 Å². The van der Waals surface area contributed by atoms with Crippen LogP contribution in [-0.4, -0.2) is 35.1 Å². The van der Waals surface area contributed by atoms with Crippen LogP contribution in [0, 0.1) is 5.92 Å². The van der Waals surface area contributed by atoms with Crippen molar-refractivity contribution in [3.63, 3.8) is 0 Å². The number of nitrogens with zero attached hydrogens (tertiary/aromatic N) is 3. The molecule has 1 aliphatic heterocycles.